The minimum Gasteiger partial charge on any atom is -0.444 e. The summed E-state index contributed by atoms with van der Waals surface area (Å²) in [6.45, 7) is 11.5. The first kappa shape index (κ1) is 18.8. The number of amides is 1. The molecule has 0 radical (unpaired) electrons. The summed E-state index contributed by atoms with van der Waals surface area (Å²) in [5.41, 5.74) is 0.778. The van der Waals surface area contributed by atoms with Crippen LogP contribution in [0.2, 0.25) is 0 Å². The summed E-state index contributed by atoms with van der Waals surface area (Å²) in [7, 11) is 0. The Balaban J connectivity index is 2.17. The topological polar surface area (TPSA) is 38.8 Å². The molecule has 1 aliphatic heterocycles. The number of ether oxygens (including phenoxy) is 2. The van der Waals surface area contributed by atoms with Crippen LogP contribution in [0.1, 0.15) is 46.6 Å². The number of hydrogen-bond acceptors (Lipinski definition) is 3. The Morgan fingerprint density at radius 1 is 1.29 bits per heavy atom. The smallest absolute Gasteiger partial charge is 0.412 e. The second-order valence-electron chi connectivity index (χ2n) is 7.89. The number of rotatable bonds is 4. The third-order valence-electron chi connectivity index (χ3n) is 4.30. The first-order valence-corrected chi connectivity index (χ1v) is 8.93. The van der Waals surface area contributed by atoms with E-state index >= 15 is 0 Å². The summed E-state index contributed by atoms with van der Waals surface area (Å²) in [5, 5.41) is 0. The lowest BCUT2D eigenvalue weighted by Crippen LogP contribution is -2.53. The van der Waals surface area contributed by atoms with Gasteiger partial charge in [0.15, 0.2) is 0 Å². The molecule has 4 nitrogen and oxygen atoms in total. The highest BCUT2D eigenvalue weighted by atomic mass is 16.6. The fraction of sp³-hybridized carbons (Fsp3) is 0.650. The SMILES string of the molecule is CC(C)C(Cc1ccccc1)C1OCCCN1C(=O)OC(C)(C)C. The number of nitrogens with zero attached hydrogens (tertiary/aromatic N) is 1. The Hall–Kier alpha value is -1.55. The number of carbonyl (C=O) groups excluding carboxylic acids is 1. The van der Waals surface area contributed by atoms with Gasteiger partial charge in [-0.15, -0.1) is 0 Å². The molecule has 2 unspecified atom stereocenters. The molecule has 4 heteroatoms. The zero-order chi connectivity index (χ0) is 17.7. The Labute approximate surface area is 146 Å². The van der Waals surface area contributed by atoms with E-state index in [2.05, 4.69) is 38.1 Å². The van der Waals surface area contributed by atoms with Crippen LogP contribution in [0.25, 0.3) is 0 Å². The lowest BCUT2D eigenvalue weighted by Gasteiger charge is -2.42. The Kier molecular flexibility index (Phi) is 6.27. The van der Waals surface area contributed by atoms with Crippen molar-refractivity contribution >= 4 is 6.09 Å². The van der Waals surface area contributed by atoms with Crippen LogP contribution in [0, 0.1) is 11.8 Å². The molecule has 24 heavy (non-hydrogen) atoms. The van der Waals surface area contributed by atoms with Crippen LogP contribution in [-0.4, -0.2) is 36.0 Å². The standard InChI is InChI=1S/C20H31NO3/c1-15(2)17(14-16-10-7-6-8-11-16)18-21(12-9-13-23-18)19(22)24-20(3,4)5/h6-8,10-11,15,17-18H,9,12-14H2,1-5H3. The van der Waals surface area contributed by atoms with E-state index in [-0.39, 0.29) is 18.2 Å². The van der Waals surface area contributed by atoms with E-state index in [0.717, 1.165) is 12.8 Å². The van der Waals surface area contributed by atoms with Crippen molar-refractivity contribution in [2.24, 2.45) is 11.8 Å². The molecule has 1 saturated heterocycles. The molecule has 1 aromatic rings. The van der Waals surface area contributed by atoms with Crippen molar-refractivity contribution < 1.29 is 14.3 Å². The van der Waals surface area contributed by atoms with Crippen LogP contribution in [0.15, 0.2) is 30.3 Å². The van der Waals surface area contributed by atoms with Crippen LogP contribution in [-0.2, 0) is 15.9 Å². The molecule has 0 aliphatic carbocycles. The summed E-state index contributed by atoms with van der Waals surface area (Å²) in [5.74, 6) is 0.637. The molecule has 134 valence electrons. The number of benzene rings is 1. The van der Waals surface area contributed by atoms with Crippen molar-refractivity contribution in [3.8, 4) is 0 Å². The van der Waals surface area contributed by atoms with Gasteiger partial charge in [-0.1, -0.05) is 44.2 Å². The van der Waals surface area contributed by atoms with Gasteiger partial charge in [0.2, 0.25) is 0 Å². The van der Waals surface area contributed by atoms with E-state index < -0.39 is 5.60 Å². The summed E-state index contributed by atoms with van der Waals surface area (Å²) >= 11 is 0. The van der Waals surface area contributed by atoms with E-state index in [1.165, 1.54) is 5.56 Å². The van der Waals surface area contributed by atoms with E-state index in [9.17, 15) is 4.79 Å². The van der Waals surface area contributed by atoms with Crippen molar-refractivity contribution in [2.45, 2.75) is 59.3 Å². The van der Waals surface area contributed by atoms with Gasteiger partial charge >= 0.3 is 6.09 Å². The Bertz CT molecular complexity index is 521. The van der Waals surface area contributed by atoms with E-state index in [1.54, 1.807) is 4.90 Å². The minimum atomic E-state index is -0.494. The lowest BCUT2D eigenvalue weighted by molar-refractivity contribution is -0.129. The Morgan fingerprint density at radius 3 is 2.54 bits per heavy atom. The van der Waals surface area contributed by atoms with Crippen molar-refractivity contribution in [2.75, 3.05) is 13.2 Å². The molecule has 0 N–H and O–H groups in total. The molecule has 2 rings (SSSR count). The van der Waals surface area contributed by atoms with Crippen molar-refractivity contribution in [3.63, 3.8) is 0 Å². The second-order valence-corrected chi connectivity index (χ2v) is 7.89. The van der Waals surface area contributed by atoms with Crippen LogP contribution in [0.5, 0.6) is 0 Å². The van der Waals surface area contributed by atoms with E-state index in [1.807, 2.05) is 26.8 Å². The van der Waals surface area contributed by atoms with E-state index in [4.69, 9.17) is 9.47 Å². The molecule has 1 heterocycles. The third kappa shape index (κ3) is 5.23. The second kappa shape index (κ2) is 8.02. The summed E-state index contributed by atoms with van der Waals surface area (Å²) in [6, 6.07) is 10.4. The molecule has 0 aromatic heterocycles. The largest absolute Gasteiger partial charge is 0.444 e. The predicted octanol–water partition coefficient (Wildman–Crippen LogP) is 4.48. The number of hydrogen-bond donors (Lipinski definition) is 0. The van der Waals surface area contributed by atoms with Crippen molar-refractivity contribution in [1.29, 1.82) is 0 Å². The van der Waals surface area contributed by atoms with Gasteiger partial charge in [-0.25, -0.2) is 4.79 Å². The fourth-order valence-corrected chi connectivity index (χ4v) is 3.08. The average Bonchev–Trinajstić information content (AvgIpc) is 2.52. The fourth-order valence-electron chi connectivity index (χ4n) is 3.08. The van der Waals surface area contributed by atoms with Crippen LogP contribution in [0.4, 0.5) is 4.79 Å². The highest BCUT2D eigenvalue weighted by molar-refractivity contribution is 5.68. The average molecular weight is 333 g/mol. The molecular formula is C20H31NO3. The molecule has 0 bridgehead atoms. The monoisotopic (exact) mass is 333 g/mol. The zero-order valence-electron chi connectivity index (χ0n) is 15.6. The van der Waals surface area contributed by atoms with Gasteiger partial charge in [0.1, 0.15) is 11.8 Å². The molecule has 0 saturated carbocycles. The van der Waals surface area contributed by atoms with Crippen LogP contribution in [0.3, 0.4) is 0 Å². The maximum atomic E-state index is 12.6. The van der Waals surface area contributed by atoms with Crippen molar-refractivity contribution in [1.82, 2.24) is 4.90 Å². The highest BCUT2D eigenvalue weighted by Gasteiger charge is 2.37. The molecule has 0 spiro atoms. The van der Waals surface area contributed by atoms with Crippen molar-refractivity contribution in [3.05, 3.63) is 35.9 Å². The Morgan fingerprint density at radius 2 is 1.96 bits per heavy atom. The van der Waals surface area contributed by atoms with Gasteiger partial charge in [0.25, 0.3) is 0 Å². The lowest BCUT2D eigenvalue weighted by atomic mass is 9.86. The molecule has 2 atom stereocenters. The van der Waals surface area contributed by atoms with Crippen LogP contribution >= 0.6 is 0 Å². The molecule has 1 amide bonds. The van der Waals surface area contributed by atoms with Gasteiger partial charge in [-0.2, -0.15) is 0 Å². The maximum absolute atomic E-state index is 12.6. The van der Waals surface area contributed by atoms with Gasteiger partial charge < -0.3 is 9.47 Å². The van der Waals surface area contributed by atoms with Crippen LogP contribution < -0.4 is 0 Å². The summed E-state index contributed by atoms with van der Waals surface area (Å²) in [6.07, 6.45) is 1.24. The quantitative estimate of drug-likeness (QED) is 0.815. The molecule has 1 fully saturated rings. The first-order valence-electron chi connectivity index (χ1n) is 8.93. The molecule has 1 aliphatic rings. The molecular weight excluding hydrogens is 302 g/mol. The zero-order valence-corrected chi connectivity index (χ0v) is 15.6. The van der Waals surface area contributed by atoms with E-state index in [0.29, 0.717) is 19.1 Å². The predicted molar refractivity (Wildman–Crippen MR) is 95.8 cm³/mol. The molecule has 1 aromatic carbocycles. The van der Waals surface area contributed by atoms with Gasteiger partial charge in [-0.3, -0.25) is 4.90 Å². The summed E-state index contributed by atoms with van der Waals surface area (Å²) < 4.78 is 11.6. The maximum Gasteiger partial charge on any atom is 0.412 e. The number of carbonyl (C=O) groups is 1. The third-order valence-corrected chi connectivity index (χ3v) is 4.30. The first-order chi connectivity index (χ1) is 11.3. The highest BCUT2D eigenvalue weighted by Crippen LogP contribution is 2.29. The minimum absolute atomic E-state index is 0.228. The summed E-state index contributed by atoms with van der Waals surface area (Å²) in [4.78, 5) is 14.4. The normalized spacial score (nSPS) is 20.1. The van der Waals surface area contributed by atoms with Gasteiger partial charge in [-0.05, 0) is 45.1 Å². The van der Waals surface area contributed by atoms with Gasteiger partial charge in [0.05, 0.1) is 6.61 Å². The van der Waals surface area contributed by atoms with Gasteiger partial charge in [0, 0.05) is 12.5 Å².